The Bertz CT molecular complexity index is 1710. The molecule has 41 heavy (non-hydrogen) atoms. The molecule has 8 nitrogen and oxygen atoms in total. The number of ether oxygens (including phenoxy) is 4. The Hall–Kier alpha value is -5.96. The second-order valence-electron chi connectivity index (χ2n) is 9.59. The lowest BCUT2D eigenvalue weighted by Crippen LogP contribution is -2.26. The first kappa shape index (κ1) is 25.3. The van der Waals surface area contributed by atoms with Crippen molar-refractivity contribution >= 4 is 0 Å². The molecule has 0 atom stereocenters. The zero-order valence-corrected chi connectivity index (χ0v) is 22.5. The third-order valence-corrected chi connectivity index (χ3v) is 8.04. The lowest BCUT2D eigenvalue weighted by atomic mass is 9.70. The highest BCUT2D eigenvalue weighted by Gasteiger charge is 2.53. The summed E-state index contributed by atoms with van der Waals surface area (Å²) in [4.78, 5) is 0. The molecule has 2 aliphatic rings. The molecule has 6 rings (SSSR count). The van der Waals surface area contributed by atoms with E-state index in [1.165, 1.54) is 28.4 Å². The Labute approximate surface area is 236 Å². The maximum absolute atomic E-state index is 9.94. The van der Waals surface area contributed by atoms with Crippen LogP contribution in [0.25, 0.3) is 22.3 Å². The number of nitrogens with zero attached hydrogens (tertiary/aromatic N) is 4. The van der Waals surface area contributed by atoms with Gasteiger partial charge in [0.25, 0.3) is 0 Å². The van der Waals surface area contributed by atoms with Crippen molar-refractivity contribution in [1.82, 2.24) is 0 Å². The Kier molecular flexibility index (Phi) is 5.60. The third kappa shape index (κ3) is 3.11. The Balaban J connectivity index is 1.90. The molecular formula is C33H20N4O4. The van der Waals surface area contributed by atoms with E-state index in [0.717, 1.165) is 44.5 Å². The first-order valence-corrected chi connectivity index (χ1v) is 12.5. The van der Waals surface area contributed by atoms with Crippen molar-refractivity contribution in [3.63, 3.8) is 0 Å². The number of methoxy groups -OCH3 is 4. The predicted molar refractivity (Wildman–Crippen MR) is 148 cm³/mol. The molecule has 1 spiro atoms. The van der Waals surface area contributed by atoms with Crippen LogP contribution < -0.4 is 18.9 Å². The van der Waals surface area contributed by atoms with Crippen LogP contribution in [-0.2, 0) is 5.41 Å². The first-order valence-electron chi connectivity index (χ1n) is 12.5. The van der Waals surface area contributed by atoms with Crippen LogP contribution in [0.2, 0.25) is 0 Å². The van der Waals surface area contributed by atoms with Gasteiger partial charge in [-0.25, -0.2) is 0 Å². The normalized spacial score (nSPS) is 12.5. The van der Waals surface area contributed by atoms with Crippen LogP contribution in [-0.4, -0.2) is 28.4 Å². The summed E-state index contributed by atoms with van der Waals surface area (Å²) < 4.78 is 22.6. The van der Waals surface area contributed by atoms with E-state index in [4.69, 9.17) is 18.9 Å². The largest absolute Gasteiger partial charge is 0.495 e. The molecule has 0 saturated carbocycles. The van der Waals surface area contributed by atoms with Gasteiger partial charge in [0, 0.05) is 0 Å². The zero-order chi connectivity index (χ0) is 29.1. The molecule has 4 aromatic carbocycles. The van der Waals surface area contributed by atoms with Gasteiger partial charge in [-0.05, 0) is 93.0 Å². The topological polar surface area (TPSA) is 132 Å². The van der Waals surface area contributed by atoms with Crippen LogP contribution in [0.3, 0.4) is 0 Å². The summed E-state index contributed by atoms with van der Waals surface area (Å²) in [6, 6.07) is 23.3. The molecule has 0 heterocycles. The molecule has 0 aromatic heterocycles. The monoisotopic (exact) mass is 536 g/mol. The molecule has 0 unspecified atom stereocenters. The van der Waals surface area contributed by atoms with Crippen LogP contribution in [0.1, 0.15) is 44.5 Å². The second kappa shape index (κ2) is 9.06. The van der Waals surface area contributed by atoms with Gasteiger partial charge in [0.1, 0.15) is 47.3 Å². The lowest BCUT2D eigenvalue weighted by Gasteiger charge is -2.31. The highest BCUT2D eigenvalue weighted by atomic mass is 16.5. The van der Waals surface area contributed by atoms with Crippen molar-refractivity contribution in [2.75, 3.05) is 28.4 Å². The smallest absolute Gasteiger partial charge is 0.136 e. The molecule has 4 aromatic rings. The summed E-state index contributed by atoms with van der Waals surface area (Å²) in [6.45, 7) is 0. The number of hydrogen-bond acceptors (Lipinski definition) is 8. The molecule has 0 saturated heterocycles. The molecule has 0 fully saturated rings. The van der Waals surface area contributed by atoms with Gasteiger partial charge in [0.2, 0.25) is 0 Å². The van der Waals surface area contributed by atoms with Gasteiger partial charge in [-0.15, -0.1) is 0 Å². The van der Waals surface area contributed by atoms with Crippen LogP contribution >= 0.6 is 0 Å². The van der Waals surface area contributed by atoms with E-state index in [9.17, 15) is 21.0 Å². The second-order valence-corrected chi connectivity index (χ2v) is 9.59. The standard InChI is InChI=1S/C33H20N4O4/c1-38-29-9-25-21(5-17(29)13-34)22-6-18(14-35)30(39-2)10-26(22)33(25)27-11-31(40-3)19(15-36)7-23(27)24-8-20(16-37)32(41-4)12-28(24)33/h5-12H,1-4H3. The van der Waals surface area contributed by atoms with Crippen molar-refractivity contribution < 1.29 is 18.9 Å². The third-order valence-electron chi connectivity index (χ3n) is 8.04. The maximum atomic E-state index is 9.94. The minimum atomic E-state index is -1.01. The highest BCUT2D eigenvalue weighted by Crippen LogP contribution is 2.65. The van der Waals surface area contributed by atoms with Gasteiger partial charge >= 0.3 is 0 Å². The van der Waals surface area contributed by atoms with Crippen molar-refractivity contribution in [3.05, 3.63) is 93.0 Å². The summed E-state index contributed by atoms with van der Waals surface area (Å²) in [6.07, 6.45) is 0. The Morgan fingerprint density at radius 1 is 0.415 bits per heavy atom. The minimum Gasteiger partial charge on any atom is -0.495 e. The molecule has 0 N–H and O–H groups in total. The van der Waals surface area contributed by atoms with Crippen LogP contribution in [0, 0.1) is 45.3 Å². The average molecular weight is 537 g/mol. The zero-order valence-electron chi connectivity index (χ0n) is 22.5. The van der Waals surface area contributed by atoms with Gasteiger partial charge in [-0.3, -0.25) is 0 Å². The van der Waals surface area contributed by atoms with Gasteiger partial charge in [-0.2, -0.15) is 21.0 Å². The number of nitriles is 4. The highest BCUT2D eigenvalue weighted by molar-refractivity contribution is 5.97. The summed E-state index contributed by atoms with van der Waals surface area (Å²) in [5.74, 6) is 1.56. The van der Waals surface area contributed by atoms with Gasteiger partial charge in [0.15, 0.2) is 0 Å². The van der Waals surface area contributed by atoms with E-state index in [1.807, 2.05) is 24.3 Å². The Morgan fingerprint density at radius 3 is 0.805 bits per heavy atom. The molecular weight excluding hydrogens is 516 g/mol. The fourth-order valence-electron chi connectivity index (χ4n) is 6.35. The quantitative estimate of drug-likeness (QED) is 0.286. The van der Waals surface area contributed by atoms with E-state index in [2.05, 4.69) is 24.3 Å². The first-order chi connectivity index (χ1) is 19.9. The van der Waals surface area contributed by atoms with Crippen molar-refractivity contribution in [2.45, 2.75) is 5.41 Å². The van der Waals surface area contributed by atoms with Gasteiger partial charge < -0.3 is 18.9 Å². The van der Waals surface area contributed by atoms with Gasteiger partial charge in [0.05, 0.1) is 56.1 Å². The molecule has 0 aliphatic heterocycles. The van der Waals surface area contributed by atoms with E-state index in [0.29, 0.717) is 45.3 Å². The molecule has 2 aliphatic carbocycles. The number of rotatable bonds is 4. The molecule has 0 radical (unpaired) electrons. The SMILES string of the molecule is COc1cc2c(cc1C#N)-c1cc(C#N)c(OC)cc1C21c2cc(OC)c(C#N)cc2-c2cc(C#N)c(OC)cc21. The summed E-state index contributed by atoms with van der Waals surface area (Å²) >= 11 is 0. The lowest BCUT2D eigenvalue weighted by molar-refractivity contribution is 0.410. The summed E-state index contributed by atoms with van der Waals surface area (Å²) in [5.41, 5.74) is 6.59. The molecule has 0 bridgehead atoms. The van der Waals surface area contributed by atoms with Crippen molar-refractivity contribution in [3.8, 4) is 69.5 Å². The van der Waals surface area contributed by atoms with E-state index in [1.54, 1.807) is 24.3 Å². The molecule has 196 valence electrons. The summed E-state index contributed by atoms with van der Waals surface area (Å²) in [7, 11) is 6.04. The Morgan fingerprint density at radius 2 is 0.634 bits per heavy atom. The number of fused-ring (bicyclic) bond motifs is 10. The van der Waals surface area contributed by atoms with E-state index in [-0.39, 0.29) is 0 Å². The minimum absolute atomic E-state index is 0.344. The van der Waals surface area contributed by atoms with Crippen molar-refractivity contribution in [1.29, 1.82) is 21.0 Å². The van der Waals surface area contributed by atoms with E-state index < -0.39 is 5.41 Å². The average Bonchev–Trinajstić information content (AvgIpc) is 3.45. The van der Waals surface area contributed by atoms with Crippen LogP contribution in [0.5, 0.6) is 23.0 Å². The predicted octanol–water partition coefficient (Wildman–Crippen LogP) is 5.55. The summed E-state index contributed by atoms with van der Waals surface area (Å²) in [5, 5.41) is 39.8. The van der Waals surface area contributed by atoms with E-state index >= 15 is 0 Å². The number of benzene rings is 4. The fourth-order valence-corrected chi connectivity index (χ4v) is 6.35. The van der Waals surface area contributed by atoms with Gasteiger partial charge in [-0.1, -0.05) is 0 Å². The van der Waals surface area contributed by atoms with Crippen molar-refractivity contribution in [2.24, 2.45) is 0 Å². The number of hydrogen-bond donors (Lipinski definition) is 0. The maximum Gasteiger partial charge on any atom is 0.136 e. The molecule has 0 amide bonds. The van der Waals surface area contributed by atoms with Crippen LogP contribution in [0.4, 0.5) is 0 Å². The molecule has 8 heteroatoms. The van der Waals surface area contributed by atoms with Crippen LogP contribution in [0.15, 0.2) is 48.5 Å². The fraction of sp³-hybridized carbons (Fsp3) is 0.152.